The highest BCUT2D eigenvalue weighted by Crippen LogP contribution is 2.29. The van der Waals surface area contributed by atoms with E-state index in [9.17, 15) is 9.59 Å². The first-order chi connectivity index (χ1) is 11.6. The van der Waals surface area contributed by atoms with Gasteiger partial charge in [-0.3, -0.25) is 14.5 Å². The zero-order valence-electron chi connectivity index (χ0n) is 13.7. The largest absolute Gasteiger partial charge is 0.352 e. The molecule has 4 rings (SSSR count). The van der Waals surface area contributed by atoms with Gasteiger partial charge in [0, 0.05) is 24.1 Å². The molecule has 2 amide bonds. The quantitative estimate of drug-likeness (QED) is 0.933. The summed E-state index contributed by atoms with van der Waals surface area (Å²) in [4.78, 5) is 26.0. The zero-order chi connectivity index (χ0) is 16.7. The zero-order valence-corrected chi connectivity index (χ0v) is 13.7. The fraction of sp³-hybridized carbons (Fsp3) is 0.389. The maximum Gasteiger partial charge on any atom is 0.240 e. The Labute approximate surface area is 140 Å². The molecule has 1 aliphatic carbocycles. The average molecular weight is 324 g/mol. The van der Waals surface area contributed by atoms with Gasteiger partial charge in [-0.25, -0.2) is 4.68 Å². The van der Waals surface area contributed by atoms with Crippen molar-refractivity contribution in [2.45, 2.75) is 38.8 Å². The van der Waals surface area contributed by atoms with E-state index < -0.39 is 0 Å². The van der Waals surface area contributed by atoms with E-state index >= 15 is 0 Å². The topological polar surface area (TPSA) is 67.2 Å². The van der Waals surface area contributed by atoms with Crippen molar-refractivity contribution in [1.29, 1.82) is 0 Å². The van der Waals surface area contributed by atoms with Crippen molar-refractivity contribution in [2.75, 3.05) is 11.4 Å². The minimum atomic E-state index is -0.0991. The smallest absolute Gasteiger partial charge is 0.240 e. The first-order valence-corrected chi connectivity index (χ1v) is 8.35. The summed E-state index contributed by atoms with van der Waals surface area (Å²) in [6.45, 7) is 2.66. The predicted molar refractivity (Wildman–Crippen MR) is 90.5 cm³/mol. The van der Waals surface area contributed by atoms with E-state index in [1.54, 1.807) is 4.90 Å². The lowest BCUT2D eigenvalue weighted by Crippen LogP contribution is -2.44. The van der Waals surface area contributed by atoms with Crippen molar-refractivity contribution < 1.29 is 9.59 Å². The second kappa shape index (κ2) is 5.78. The minimum absolute atomic E-state index is 0.0234. The van der Waals surface area contributed by atoms with E-state index in [1.165, 1.54) is 0 Å². The molecule has 0 radical (unpaired) electrons. The lowest BCUT2D eigenvalue weighted by molar-refractivity contribution is -0.124. The van der Waals surface area contributed by atoms with Crippen LogP contribution in [0.3, 0.4) is 0 Å². The third-order valence-electron chi connectivity index (χ3n) is 4.54. The van der Waals surface area contributed by atoms with Gasteiger partial charge in [0.1, 0.15) is 12.4 Å². The second-order valence-electron chi connectivity index (χ2n) is 6.50. The van der Waals surface area contributed by atoms with Crippen LogP contribution in [0, 0.1) is 6.92 Å². The van der Waals surface area contributed by atoms with E-state index in [0.717, 1.165) is 29.7 Å². The summed E-state index contributed by atoms with van der Waals surface area (Å²) >= 11 is 0. The van der Waals surface area contributed by atoms with Crippen LogP contribution in [0.4, 0.5) is 5.82 Å². The normalized spacial score (nSPS) is 16.9. The highest BCUT2D eigenvalue weighted by atomic mass is 16.2. The molecule has 0 bridgehead atoms. The van der Waals surface area contributed by atoms with Gasteiger partial charge in [-0.1, -0.05) is 24.3 Å². The molecule has 2 aromatic rings. The van der Waals surface area contributed by atoms with Gasteiger partial charge in [-0.15, -0.1) is 0 Å². The van der Waals surface area contributed by atoms with Crippen LogP contribution >= 0.6 is 0 Å². The Kier molecular flexibility index (Phi) is 3.59. The van der Waals surface area contributed by atoms with Crippen molar-refractivity contribution in [2.24, 2.45) is 0 Å². The molecular formula is C18H20N4O2. The van der Waals surface area contributed by atoms with E-state index in [4.69, 9.17) is 0 Å². The average Bonchev–Trinajstić information content (AvgIpc) is 3.26. The first kappa shape index (κ1) is 14.9. The Hall–Kier alpha value is -2.63. The summed E-state index contributed by atoms with van der Waals surface area (Å²) in [6, 6.07) is 10.2. The molecule has 1 N–H and O–H groups in total. The van der Waals surface area contributed by atoms with Crippen molar-refractivity contribution in [1.82, 2.24) is 15.1 Å². The Balaban J connectivity index is 1.63. The molecule has 2 aliphatic rings. The molecule has 1 aliphatic heterocycles. The molecule has 124 valence electrons. The van der Waals surface area contributed by atoms with Crippen LogP contribution in [0.1, 0.15) is 24.8 Å². The number of nitrogens with zero attached hydrogens (tertiary/aromatic N) is 3. The molecular weight excluding hydrogens is 304 g/mol. The molecule has 2 heterocycles. The number of hydrogen-bond donors (Lipinski definition) is 1. The number of amides is 2. The molecule has 0 saturated heterocycles. The van der Waals surface area contributed by atoms with Gasteiger partial charge in [0.05, 0.1) is 12.2 Å². The number of nitrogens with one attached hydrogen (secondary N) is 1. The van der Waals surface area contributed by atoms with Crippen LogP contribution in [-0.4, -0.2) is 34.2 Å². The third-order valence-corrected chi connectivity index (χ3v) is 4.54. The van der Waals surface area contributed by atoms with Crippen LogP contribution in [0.25, 0.3) is 11.3 Å². The molecule has 1 saturated carbocycles. The lowest BCUT2D eigenvalue weighted by atomic mass is 10.1. The SMILES string of the molecule is Cc1ccccc1-c1cc2n(n1)CCC(=O)N2CC(=O)NC1CC1. The number of anilines is 1. The Morgan fingerprint density at radius 2 is 2.12 bits per heavy atom. The highest BCUT2D eigenvalue weighted by Gasteiger charge is 2.30. The minimum Gasteiger partial charge on any atom is -0.352 e. The van der Waals surface area contributed by atoms with E-state index in [1.807, 2.05) is 41.9 Å². The summed E-state index contributed by atoms with van der Waals surface area (Å²) in [5, 5.41) is 7.58. The number of rotatable bonds is 4. The van der Waals surface area contributed by atoms with Crippen molar-refractivity contribution in [3.05, 3.63) is 35.9 Å². The first-order valence-electron chi connectivity index (χ1n) is 8.35. The molecule has 1 aromatic carbocycles. The summed E-state index contributed by atoms with van der Waals surface area (Å²) in [6.07, 6.45) is 2.45. The highest BCUT2D eigenvalue weighted by molar-refractivity contribution is 5.99. The fourth-order valence-corrected chi connectivity index (χ4v) is 3.06. The summed E-state index contributed by atoms with van der Waals surface area (Å²) in [5.41, 5.74) is 3.02. The van der Waals surface area contributed by atoms with Crippen molar-refractivity contribution in [3.8, 4) is 11.3 Å². The maximum atomic E-state index is 12.3. The Morgan fingerprint density at radius 3 is 2.88 bits per heavy atom. The van der Waals surface area contributed by atoms with Crippen LogP contribution < -0.4 is 10.2 Å². The van der Waals surface area contributed by atoms with Gasteiger partial charge in [-0.2, -0.15) is 5.10 Å². The van der Waals surface area contributed by atoms with E-state index in [2.05, 4.69) is 10.4 Å². The van der Waals surface area contributed by atoms with Gasteiger partial charge in [0.25, 0.3) is 0 Å². The van der Waals surface area contributed by atoms with Crippen LogP contribution in [0.5, 0.6) is 0 Å². The number of carbonyl (C=O) groups is 2. The van der Waals surface area contributed by atoms with Gasteiger partial charge in [-0.05, 0) is 25.3 Å². The van der Waals surface area contributed by atoms with Crippen LogP contribution in [0.15, 0.2) is 30.3 Å². The summed E-state index contributed by atoms with van der Waals surface area (Å²) in [7, 11) is 0. The number of aromatic nitrogens is 2. The third kappa shape index (κ3) is 2.79. The van der Waals surface area contributed by atoms with Gasteiger partial charge in [0.2, 0.25) is 11.8 Å². The number of fused-ring (bicyclic) bond motifs is 1. The number of aryl methyl sites for hydroxylation is 2. The summed E-state index contributed by atoms with van der Waals surface area (Å²) in [5.74, 6) is 0.582. The van der Waals surface area contributed by atoms with Gasteiger partial charge in [0.15, 0.2) is 0 Å². The Morgan fingerprint density at radius 1 is 1.33 bits per heavy atom. The lowest BCUT2D eigenvalue weighted by Gasteiger charge is -2.26. The van der Waals surface area contributed by atoms with Crippen LogP contribution in [-0.2, 0) is 16.1 Å². The number of carbonyl (C=O) groups excluding carboxylic acids is 2. The summed E-state index contributed by atoms with van der Waals surface area (Å²) < 4.78 is 1.83. The molecule has 0 spiro atoms. The van der Waals surface area contributed by atoms with Crippen molar-refractivity contribution in [3.63, 3.8) is 0 Å². The van der Waals surface area contributed by atoms with Crippen LogP contribution in [0.2, 0.25) is 0 Å². The van der Waals surface area contributed by atoms with Gasteiger partial charge >= 0.3 is 0 Å². The Bertz CT molecular complexity index is 807. The molecule has 6 heteroatoms. The molecule has 0 unspecified atom stereocenters. The van der Waals surface area contributed by atoms with E-state index in [0.29, 0.717) is 24.8 Å². The van der Waals surface area contributed by atoms with Crippen molar-refractivity contribution >= 4 is 17.6 Å². The van der Waals surface area contributed by atoms with E-state index in [-0.39, 0.29) is 18.4 Å². The number of benzene rings is 1. The molecule has 1 aromatic heterocycles. The number of hydrogen-bond acceptors (Lipinski definition) is 3. The second-order valence-corrected chi connectivity index (χ2v) is 6.50. The molecule has 24 heavy (non-hydrogen) atoms. The van der Waals surface area contributed by atoms with Gasteiger partial charge < -0.3 is 5.32 Å². The standard InChI is InChI=1S/C18H20N4O2/c1-12-4-2-3-5-14(12)15-10-17-21(11-16(23)19-13-6-7-13)18(24)8-9-22(17)20-15/h2-5,10,13H,6-9,11H2,1H3,(H,19,23). The fourth-order valence-electron chi connectivity index (χ4n) is 3.06. The maximum absolute atomic E-state index is 12.3. The molecule has 6 nitrogen and oxygen atoms in total. The predicted octanol–water partition coefficient (Wildman–Crippen LogP) is 1.87. The monoisotopic (exact) mass is 324 g/mol. The molecule has 0 atom stereocenters. The molecule has 1 fully saturated rings.